The van der Waals surface area contributed by atoms with Crippen LogP contribution in [0, 0.1) is 5.41 Å². The van der Waals surface area contributed by atoms with Crippen molar-refractivity contribution < 1.29 is 14.3 Å². The summed E-state index contributed by atoms with van der Waals surface area (Å²) >= 11 is 0. The second-order valence-corrected chi connectivity index (χ2v) is 7.63. The van der Waals surface area contributed by atoms with Gasteiger partial charge >= 0.3 is 6.03 Å². The Morgan fingerprint density at radius 1 is 1.19 bits per heavy atom. The lowest BCUT2D eigenvalue weighted by molar-refractivity contribution is -0.166. The largest absolute Gasteiger partial charge is 0.378 e. The molecule has 2 atom stereocenters. The van der Waals surface area contributed by atoms with Crippen LogP contribution in [0.15, 0.2) is 24.3 Å². The van der Waals surface area contributed by atoms with Crippen LogP contribution in [0.1, 0.15) is 41.0 Å². The van der Waals surface area contributed by atoms with Gasteiger partial charge in [-0.2, -0.15) is 0 Å². The number of carbonyl (C=O) groups is 2. The van der Waals surface area contributed by atoms with Crippen LogP contribution in [-0.4, -0.2) is 36.2 Å². The number of hydrogen-bond donors (Lipinski definition) is 4. The van der Waals surface area contributed by atoms with E-state index in [-0.39, 0.29) is 36.5 Å². The van der Waals surface area contributed by atoms with Crippen molar-refractivity contribution in [3.63, 3.8) is 0 Å². The molecule has 152 valence electrons. The van der Waals surface area contributed by atoms with Crippen molar-refractivity contribution >= 4 is 35.7 Å². The van der Waals surface area contributed by atoms with Gasteiger partial charge in [0.25, 0.3) is 0 Å². The van der Waals surface area contributed by atoms with E-state index in [0.29, 0.717) is 24.4 Å². The number of amides is 3. The lowest BCUT2D eigenvalue weighted by atomic mass is 9.54. The molecule has 1 saturated carbocycles. The van der Waals surface area contributed by atoms with E-state index >= 15 is 0 Å². The van der Waals surface area contributed by atoms with Crippen LogP contribution in [0.5, 0.6) is 0 Å². The summed E-state index contributed by atoms with van der Waals surface area (Å²) in [5.41, 5.74) is 6.24. The minimum Gasteiger partial charge on any atom is -0.378 e. The topological polar surface area (TPSA) is 105 Å². The number of halogens is 1. The van der Waals surface area contributed by atoms with Crippen molar-refractivity contribution in [3.05, 3.63) is 24.3 Å². The van der Waals surface area contributed by atoms with Gasteiger partial charge in [0.2, 0.25) is 5.91 Å². The highest BCUT2D eigenvalue weighted by Crippen LogP contribution is 2.50. The summed E-state index contributed by atoms with van der Waals surface area (Å²) in [6, 6.07) is 6.72. The maximum Gasteiger partial charge on any atom is 0.319 e. The molecule has 27 heavy (non-hydrogen) atoms. The van der Waals surface area contributed by atoms with Gasteiger partial charge in [-0.3, -0.25) is 4.79 Å². The number of urea groups is 1. The maximum absolute atomic E-state index is 12.7. The molecule has 1 aliphatic rings. The summed E-state index contributed by atoms with van der Waals surface area (Å²) in [5, 5.41) is 8.35. The summed E-state index contributed by atoms with van der Waals surface area (Å²) in [5.74, 6) is -0.225. The number of benzene rings is 1. The Morgan fingerprint density at radius 2 is 1.70 bits per heavy atom. The summed E-state index contributed by atoms with van der Waals surface area (Å²) in [4.78, 5) is 24.4. The summed E-state index contributed by atoms with van der Waals surface area (Å²) in [6.45, 7) is 10.2. The minimum absolute atomic E-state index is 0. The number of nitrogens with two attached hydrogens (primary N) is 1. The van der Waals surface area contributed by atoms with Crippen LogP contribution in [0.4, 0.5) is 16.2 Å². The van der Waals surface area contributed by atoms with Gasteiger partial charge in [-0.15, -0.1) is 12.4 Å². The zero-order chi connectivity index (χ0) is 19.5. The van der Waals surface area contributed by atoms with Crippen molar-refractivity contribution in [1.82, 2.24) is 5.32 Å². The zero-order valence-corrected chi connectivity index (χ0v) is 17.4. The van der Waals surface area contributed by atoms with Gasteiger partial charge in [-0.1, -0.05) is 13.8 Å². The maximum atomic E-state index is 12.7. The standard InChI is InChI=1S/C19H30N4O3.ClH/c1-6-26-15-11-19(20,18(15,4)5)16(24)22-13-7-9-14(10-8-13)23-17(25)21-12(2)3;/h7-10,12,15H,6,11,20H2,1-5H3,(H,22,24)(H2,21,23,25);1H. The average Bonchev–Trinajstić information content (AvgIpc) is 2.55. The van der Waals surface area contributed by atoms with Gasteiger partial charge in [0.05, 0.1) is 6.10 Å². The van der Waals surface area contributed by atoms with Crippen molar-refractivity contribution in [2.24, 2.45) is 11.1 Å². The molecule has 7 nitrogen and oxygen atoms in total. The number of nitrogens with one attached hydrogen (secondary N) is 3. The second kappa shape index (κ2) is 8.91. The number of rotatable bonds is 6. The quantitative estimate of drug-likeness (QED) is 0.590. The molecule has 5 N–H and O–H groups in total. The van der Waals surface area contributed by atoms with Gasteiger partial charge in [0.15, 0.2) is 0 Å². The Bertz CT molecular complexity index is 663. The minimum atomic E-state index is -0.971. The first-order valence-corrected chi connectivity index (χ1v) is 8.99. The number of hydrogen-bond acceptors (Lipinski definition) is 4. The van der Waals surface area contributed by atoms with Crippen molar-refractivity contribution in [2.45, 2.75) is 58.7 Å². The first-order chi connectivity index (χ1) is 12.1. The third-order valence-corrected chi connectivity index (χ3v) is 5.06. The molecule has 0 aromatic heterocycles. The third kappa shape index (κ3) is 4.91. The second-order valence-electron chi connectivity index (χ2n) is 7.63. The van der Waals surface area contributed by atoms with Gasteiger partial charge in [0.1, 0.15) is 5.54 Å². The Balaban J connectivity index is 0.00000364. The molecule has 8 heteroatoms. The summed E-state index contributed by atoms with van der Waals surface area (Å²) in [6.07, 6.45) is 0.476. The van der Waals surface area contributed by atoms with Crippen LogP contribution in [0.2, 0.25) is 0 Å². The monoisotopic (exact) mass is 398 g/mol. The molecule has 0 heterocycles. The van der Waals surface area contributed by atoms with Crippen LogP contribution in [0.25, 0.3) is 0 Å². The SMILES string of the molecule is CCOC1CC(N)(C(=O)Nc2ccc(NC(=O)NC(C)C)cc2)C1(C)C.Cl. The molecule has 2 unspecified atom stereocenters. The van der Waals surface area contributed by atoms with E-state index in [1.807, 2.05) is 34.6 Å². The molecule has 0 spiro atoms. The van der Waals surface area contributed by atoms with Crippen LogP contribution in [-0.2, 0) is 9.53 Å². The lowest BCUT2D eigenvalue weighted by Crippen LogP contribution is -2.74. The van der Waals surface area contributed by atoms with Crippen LogP contribution in [0.3, 0.4) is 0 Å². The highest BCUT2D eigenvalue weighted by molar-refractivity contribution is 6.00. The molecular formula is C19H31ClN4O3. The molecule has 0 bridgehead atoms. The van der Waals surface area contributed by atoms with E-state index in [1.165, 1.54) is 0 Å². The van der Waals surface area contributed by atoms with Gasteiger partial charge in [-0.25, -0.2) is 4.79 Å². The summed E-state index contributed by atoms with van der Waals surface area (Å²) < 4.78 is 5.66. The van der Waals surface area contributed by atoms with Gasteiger partial charge < -0.3 is 26.4 Å². The Hall–Kier alpha value is -1.83. The van der Waals surface area contributed by atoms with Crippen LogP contribution < -0.4 is 21.7 Å². The van der Waals surface area contributed by atoms with E-state index in [1.54, 1.807) is 24.3 Å². The molecule has 2 rings (SSSR count). The van der Waals surface area contributed by atoms with E-state index < -0.39 is 11.0 Å². The predicted molar refractivity (Wildman–Crippen MR) is 110 cm³/mol. The van der Waals surface area contributed by atoms with Gasteiger partial charge in [0, 0.05) is 35.9 Å². The van der Waals surface area contributed by atoms with Crippen LogP contribution >= 0.6 is 12.4 Å². The van der Waals surface area contributed by atoms with Crippen molar-refractivity contribution in [3.8, 4) is 0 Å². The Labute approximate surface area is 167 Å². The van der Waals surface area contributed by atoms with Gasteiger partial charge in [-0.05, 0) is 45.0 Å². The molecule has 0 saturated heterocycles. The fraction of sp³-hybridized carbons (Fsp3) is 0.579. The lowest BCUT2D eigenvalue weighted by Gasteiger charge is -2.57. The molecular weight excluding hydrogens is 368 g/mol. The fourth-order valence-electron chi connectivity index (χ4n) is 3.13. The van der Waals surface area contributed by atoms with Crippen molar-refractivity contribution in [1.29, 1.82) is 0 Å². The molecule has 0 aliphatic heterocycles. The normalized spacial score (nSPS) is 23.0. The number of carbonyl (C=O) groups excluding carboxylic acids is 2. The van der Waals surface area contributed by atoms with E-state index in [0.717, 1.165) is 0 Å². The van der Waals surface area contributed by atoms with Crippen molar-refractivity contribution in [2.75, 3.05) is 17.2 Å². The third-order valence-electron chi connectivity index (χ3n) is 5.06. The summed E-state index contributed by atoms with van der Waals surface area (Å²) in [7, 11) is 0. The average molecular weight is 399 g/mol. The molecule has 1 fully saturated rings. The first kappa shape index (κ1) is 23.2. The Morgan fingerprint density at radius 3 is 2.15 bits per heavy atom. The van der Waals surface area contributed by atoms with E-state index in [4.69, 9.17) is 10.5 Å². The zero-order valence-electron chi connectivity index (χ0n) is 16.6. The molecule has 1 aliphatic carbocycles. The number of ether oxygens (including phenoxy) is 1. The van der Waals surface area contributed by atoms with E-state index in [9.17, 15) is 9.59 Å². The smallest absolute Gasteiger partial charge is 0.319 e. The highest BCUT2D eigenvalue weighted by atomic mass is 35.5. The number of anilines is 2. The molecule has 0 radical (unpaired) electrons. The molecule has 1 aromatic carbocycles. The fourth-order valence-corrected chi connectivity index (χ4v) is 3.13. The molecule has 1 aromatic rings. The first-order valence-electron chi connectivity index (χ1n) is 8.99. The highest BCUT2D eigenvalue weighted by Gasteiger charge is 2.62. The Kier molecular flexibility index (Phi) is 7.66. The molecule has 3 amide bonds. The van der Waals surface area contributed by atoms with E-state index in [2.05, 4.69) is 16.0 Å². The predicted octanol–water partition coefficient (Wildman–Crippen LogP) is 3.11.